The summed E-state index contributed by atoms with van der Waals surface area (Å²) in [5.41, 5.74) is 0.865. The quantitative estimate of drug-likeness (QED) is 0.893. The number of amides is 1. The van der Waals surface area contributed by atoms with Crippen LogP contribution >= 0.6 is 15.9 Å². The Morgan fingerprint density at radius 3 is 2.76 bits per heavy atom. The van der Waals surface area contributed by atoms with Crippen molar-refractivity contribution in [3.8, 4) is 17.6 Å². The number of hydrogen-bond acceptors (Lipinski definition) is 4. The third-order valence-corrected chi connectivity index (χ3v) is 3.48. The number of nitriles is 1. The summed E-state index contributed by atoms with van der Waals surface area (Å²) in [7, 11) is 1.46. The number of phenols is 1. The molecule has 0 saturated heterocycles. The van der Waals surface area contributed by atoms with Crippen molar-refractivity contribution in [3.05, 3.63) is 52.0 Å². The number of nitrogens with one attached hydrogen (secondary N) is 1. The highest BCUT2D eigenvalue weighted by Gasteiger charge is 2.14. The normalized spacial score (nSPS) is 9.76. The van der Waals surface area contributed by atoms with E-state index in [2.05, 4.69) is 21.2 Å². The van der Waals surface area contributed by atoms with E-state index in [0.29, 0.717) is 21.5 Å². The van der Waals surface area contributed by atoms with Gasteiger partial charge in [0.1, 0.15) is 23.3 Å². The summed E-state index contributed by atoms with van der Waals surface area (Å²) >= 11 is 3.15. The van der Waals surface area contributed by atoms with Crippen LogP contribution in [0.1, 0.15) is 15.9 Å². The molecule has 0 atom stereocenters. The van der Waals surface area contributed by atoms with E-state index in [1.807, 2.05) is 6.07 Å². The molecule has 2 aromatic rings. The van der Waals surface area contributed by atoms with Crippen molar-refractivity contribution in [2.75, 3.05) is 12.4 Å². The summed E-state index contributed by atoms with van der Waals surface area (Å²) in [6.07, 6.45) is 0. The molecule has 0 fully saturated rings. The Labute approximate surface area is 129 Å². The fraction of sp³-hybridized carbons (Fsp3) is 0.0667. The van der Waals surface area contributed by atoms with Gasteiger partial charge in [-0.2, -0.15) is 5.26 Å². The van der Waals surface area contributed by atoms with E-state index in [4.69, 9.17) is 10.00 Å². The lowest BCUT2D eigenvalue weighted by Crippen LogP contribution is -2.13. The molecule has 2 N–H and O–H groups in total. The van der Waals surface area contributed by atoms with Gasteiger partial charge in [-0.15, -0.1) is 0 Å². The number of ether oxygens (including phenoxy) is 1. The number of nitrogens with zero attached hydrogens (tertiary/aromatic N) is 1. The monoisotopic (exact) mass is 346 g/mol. The van der Waals surface area contributed by atoms with Gasteiger partial charge in [0.25, 0.3) is 5.91 Å². The number of carbonyl (C=O) groups is 1. The van der Waals surface area contributed by atoms with E-state index >= 15 is 0 Å². The lowest BCUT2D eigenvalue weighted by molar-refractivity contribution is 0.102. The third-order valence-electron chi connectivity index (χ3n) is 2.81. The van der Waals surface area contributed by atoms with E-state index in [9.17, 15) is 9.90 Å². The van der Waals surface area contributed by atoms with E-state index in [1.165, 1.54) is 13.2 Å². The highest BCUT2D eigenvalue weighted by Crippen LogP contribution is 2.29. The Morgan fingerprint density at radius 2 is 2.14 bits per heavy atom. The summed E-state index contributed by atoms with van der Waals surface area (Å²) < 4.78 is 5.64. The van der Waals surface area contributed by atoms with Gasteiger partial charge in [0.2, 0.25) is 0 Å². The van der Waals surface area contributed by atoms with Crippen LogP contribution in [0.25, 0.3) is 0 Å². The predicted molar refractivity (Wildman–Crippen MR) is 81.5 cm³/mol. The molecule has 0 spiro atoms. The number of anilines is 1. The molecule has 5 nitrogen and oxygen atoms in total. The number of methoxy groups -OCH3 is 1. The first-order valence-electron chi connectivity index (χ1n) is 5.93. The molecule has 0 heterocycles. The van der Waals surface area contributed by atoms with Crippen LogP contribution in [0.15, 0.2) is 40.9 Å². The molecular formula is C15H11BrN2O3. The lowest BCUT2D eigenvalue weighted by Gasteiger charge is -2.12. The SMILES string of the molecule is COc1cccc(C#N)c1NC(=O)c1ccc(Br)c(O)c1. The van der Waals surface area contributed by atoms with Crippen molar-refractivity contribution < 1.29 is 14.6 Å². The van der Waals surface area contributed by atoms with Gasteiger partial charge in [-0.25, -0.2) is 0 Å². The highest BCUT2D eigenvalue weighted by atomic mass is 79.9. The molecule has 1 amide bonds. The zero-order chi connectivity index (χ0) is 15.4. The van der Waals surface area contributed by atoms with Crippen molar-refractivity contribution in [1.82, 2.24) is 0 Å². The van der Waals surface area contributed by atoms with Crippen LogP contribution in [0.5, 0.6) is 11.5 Å². The van der Waals surface area contributed by atoms with Gasteiger partial charge in [0.05, 0.1) is 17.1 Å². The number of benzene rings is 2. The highest BCUT2D eigenvalue weighted by molar-refractivity contribution is 9.10. The molecule has 0 radical (unpaired) electrons. The second-order valence-corrected chi connectivity index (χ2v) is 4.97. The first-order chi connectivity index (χ1) is 10.1. The van der Waals surface area contributed by atoms with Crippen molar-refractivity contribution in [2.45, 2.75) is 0 Å². The lowest BCUT2D eigenvalue weighted by atomic mass is 10.1. The predicted octanol–water partition coefficient (Wildman–Crippen LogP) is 3.29. The van der Waals surface area contributed by atoms with Crippen LogP contribution in [0, 0.1) is 11.3 Å². The van der Waals surface area contributed by atoms with Crippen LogP contribution in [0.2, 0.25) is 0 Å². The zero-order valence-corrected chi connectivity index (χ0v) is 12.6. The average Bonchev–Trinajstić information content (AvgIpc) is 2.50. The summed E-state index contributed by atoms with van der Waals surface area (Å²) in [4.78, 5) is 12.2. The zero-order valence-electron chi connectivity index (χ0n) is 11.1. The molecule has 0 aliphatic carbocycles. The van der Waals surface area contributed by atoms with Crippen LogP contribution < -0.4 is 10.1 Å². The molecular weight excluding hydrogens is 336 g/mol. The van der Waals surface area contributed by atoms with E-state index in [0.717, 1.165) is 0 Å². The summed E-state index contributed by atoms with van der Waals surface area (Å²) in [6, 6.07) is 11.3. The van der Waals surface area contributed by atoms with Crippen LogP contribution in [0.3, 0.4) is 0 Å². The molecule has 0 aliphatic rings. The van der Waals surface area contributed by atoms with Crippen molar-refractivity contribution in [2.24, 2.45) is 0 Å². The Kier molecular flexibility index (Phi) is 4.45. The molecule has 0 saturated carbocycles. The minimum Gasteiger partial charge on any atom is -0.507 e. The van der Waals surface area contributed by atoms with E-state index < -0.39 is 5.91 Å². The first kappa shape index (κ1) is 14.9. The number of hydrogen-bond donors (Lipinski definition) is 2. The number of aromatic hydroxyl groups is 1. The molecule has 106 valence electrons. The van der Waals surface area contributed by atoms with Gasteiger partial charge in [0.15, 0.2) is 0 Å². The van der Waals surface area contributed by atoms with Gasteiger partial charge < -0.3 is 15.2 Å². The van der Waals surface area contributed by atoms with Gasteiger partial charge in [-0.3, -0.25) is 4.79 Å². The number of phenolic OH excluding ortho intramolecular Hbond substituents is 1. The molecule has 0 unspecified atom stereocenters. The third kappa shape index (κ3) is 3.15. The fourth-order valence-electron chi connectivity index (χ4n) is 1.76. The molecule has 0 aromatic heterocycles. The minimum atomic E-state index is -0.446. The topological polar surface area (TPSA) is 82.3 Å². The Bertz CT molecular complexity index is 738. The first-order valence-corrected chi connectivity index (χ1v) is 6.73. The number of carbonyl (C=O) groups excluding carboxylic acids is 1. The smallest absolute Gasteiger partial charge is 0.255 e. The molecule has 21 heavy (non-hydrogen) atoms. The summed E-state index contributed by atoms with van der Waals surface area (Å²) in [6.45, 7) is 0. The largest absolute Gasteiger partial charge is 0.507 e. The fourth-order valence-corrected chi connectivity index (χ4v) is 2.01. The van der Waals surface area contributed by atoms with Crippen molar-refractivity contribution >= 4 is 27.5 Å². The van der Waals surface area contributed by atoms with Crippen molar-refractivity contribution in [1.29, 1.82) is 5.26 Å². The Hall–Kier alpha value is -2.52. The number of halogens is 1. The maximum absolute atomic E-state index is 12.2. The summed E-state index contributed by atoms with van der Waals surface area (Å²) in [5.74, 6) is -0.0919. The molecule has 6 heteroatoms. The standard InChI is InChI=1S/C15H11BrN2O3/c1-21-13-4-2-3-10(8-17)14(13)18-15(20)9-5-6-11(16)12(19)7-9/h2-7,19H,1H3,(H,18,20). The van der Waals surface area contributed by atoms with Gasteiger partial charge >= 0.3 is 0 Å². The molecule has 2 aromatic carbocycles. The Morgan fingerprint density at radius 1 is 1.38 bits per heavy atom. The molecule has 0 bridgehead atoms. The Balaban J connectivity index is 2.36. The second kappa shape index (κ2) is 6.29. The molecule has 0 aliphatic heterocycles. The van der Waals surface area contributed by atoms with E-state index in [1.54, 1.807) is 30.3 Å². The number of rotatable bonds is 3. The van der Waals surface area contributed by atoms with Gasteiger partial charge in [-0.05, 0) is 46.3 Å². The molecule has 2 rings (SSSR count). The maximum Gasteiger partial charge on any atom is 0.255 e. The maximum atomic E-state index is 12.2. The van der Waals surface area contributed by atoms with E-state index in [-0.39, 0.29) is 11.3 Å². The summed E-state index contributed by atoms with van der Waals surface area (Å²) in [5, 5.41) is 21.3. The van der Waals surface area contributed by atoms with Crippen molar-refractivity contribution in [3.63, 3.8) is 0 Å². The van der Waals surface area contributed by atoms with Gasteiger partial charge in [-0.1, -0.05) is 6.07 Å². The van der Waals surface area contributed by atoms with Crippen LogP contribution in [-0.4, -0.2) is 18.1 Å². The minimum absolute atomic E-state index is 0.0387. The second-order valence-electron chi connectivity index (χ2n) is 4.11. The van der Waals surface area contributed by atoms with Crippen LogP contribution in [0.4, 0.5) is 5.69 Å². The average molecular weight is 347 g/mol. The van der Waals surface area contributed by atoms with Gasteiger partial charge in [0, 0.05) is 5.56 Å². The number of para-hydroxylation sites is 1. The van der Waals surface area contributed by atoms with Crippen LogP contribution in [-0.2, 0) is 0 Å².